The van der Waals surface area contributed by atoms with Gasteiger partial charge in [0.2, 0.25) is 5.91 Å². The summed E-state index contributed by atoms with van der Waals surface area (Å²) in [6, 6.07) is 7.50. The third-order valence-corrected chi connectivity index (χ3v) is 3.37. The average Bonchev–Trinajstić information content (AvgIpc) is 2.44. The summed E-state index contributed by atoms with van der Waals surface area (Å²) in [5.74, 6) is -1.55. The minimum absolute atomic E-state index is 0.117. The first-order valence-electron chi connectivity index (χ1n) is 6.52. The second-order valence-corrected chi connectivity index (χ2v) is 4.85. The van der Waals surface area contributed by atoms with E-state index in [0.717, 1.165) is 11.1 Å². The summed E-state index contributed by atoms with van der Waals surface area (Å²) >= 11 is 0. The van der Waals surface area contributed by atoms with Crippen molar-refractivity contribution in [2.75, 3.05) is 19.6 Å². The van der Waals surface area contributed by atoms with Crippen LogP contribution in [0, 0.1) is 0 Å². The molecule has 0 radical (unpaired) electrons. The predicted octanol–water partition coefficient (Wildman–Crippen LogP) is 0.973. The maximum absolute atomic E-state index is 11.7. The molecule has 0 fully saturated rings. The number of aliphatic carboxylic acids is 1. The summed E-state index contributed by atoms with van der Waals surface area (Å²) in [4.78, 5) is 25.0. The van der Waals surface area contributed by atoms with Crippen LogP contribution in [0.1, 0.15) is 17.0 Å². The van der Waals surface area contributed by atoms with Gasteiger partial charge in [0.25, 0.3) is 0 Å². The molecule has 1 atom stereocenters. The summed E-state index contributed by atoms with van der Waals surface area (Å²) in [5, 5.41) is 12.0. The van der Waals surface area contributed by atoms with Crippen LogP contribution in [0.25, 0.3) is 0 Å². The molecule has 0 aliphatic carbocycles. The summed E-state index contributed by atoms with van der Waals surface area (Å²) in [6.45, 7) is 5.11. The van der Waals surface area contributed by atoms with Gasteiger partial charge in [-0.25, -0.2) is 0 Å². The van der Waals surface area contributed by atoms with E-state index in [4.69, 9.17) is 0 Å². The van der Waals surface area contributed by atoms with Gasteiger partial charge < -0.3 is 10.4 Å². The van der Waals surface area contributed by atoms with Crippen molar-refractivity contribution in [1.82, 2.24) is 10.2 Å². The fourth-order valence-electron chi connectivity index (χ4n) is 2.46. The van der Waals surface area contributed by atoms with E-state index in [0.29, 0.717) is 19.6 Å². The van der Waals surface area contributed by atoms with Crippen molar-refractivity contribution in [1.29, 1.82) is 0 Å². The topological polar surface area (TPSA) is 69.6 Å². The van der Waals surface area contributed by atoms with Crippen molar-refractivity contribution < 1.29 is 14.7 Å². The van der Waals surface area contributed by atoms with Crippen LogP contribution in [0.4, 0.5) is 0 Å². The molecule has 1 aliphatic rings. The van der Waals surface area contributed by atoms with Crippen LogP contribution in [-0.4, -0.2) is 41.5 Å². The van der Waals surface area contributed by atoms with Crippen molar-refractivity contribution in [3.8, 4) is 0 Å². The summed E-state index contributed by atoms with van der Waals surface area (Å²) in [5.41, 5.74) is 1.82. The number of hydrogen-bond donors (Lipinski definition) is 2. The molecule has 5 nitrogen and oxygen atoms in total. The van der Waals surface area contributed by atoms with Crippen LogP contribution < -0.4 is 5.32 Å². The fourth-order valence-corrected chi connectivity index (χ4v) is 2.46. The van der Waals surface area contributed by atoms with Crippen LogP contribution in [0.15, 0.2) is 36.9 Å². The van der Waals surface area contributed by atoms with Gasteiger partial charge in [0.1, 0.15) is 0 Å². The van der Waals surface area contributed by atoms with Gasteiger partial charge in [-0.1, -0.05) is 30.3 Å². The second kappa shape index (κ2) is 6.34. The first-order chi connectivity index (χ1) is 9.61. The number of carbonyl (C=O) groups is 2. The molecule has 1 aromatic carbocycles. The van der Waals surface area contributed by atoms with E-state index in [1.54, 1.807) is 6.08 Å². The molecular weight excluding hydrogens is 256 g/mol. The Morgan fingerprint density at radius 3 is 2.90 bits per heavy atom. The number of nitrogens with zero attached hydrogens (tertiary/aromatic N) is 1. The first-order valence-corrected chi connectivity index (χ1v) is 6.52. The summed E-state index contributed by atoms with van der Waals surface area (Å²) < 4.78 is 0. The molecule has 2 rings (SSSR count). The molecule has 1 amide bonds. The molecule has 0 bridgehead atoms. The Morgan fingerprint density at radius 1 is 1.45 bits per heavy atom. The number of carbonyl (C=O) groups excluding carboxylic acids is 1. The van der Waals surface area contributed by atoms with Crippen molar-refractivity contribution in [3.63, 3.8) is 0 Å². The lowest BCUT2D eigenvalue weighted by Crippen LogP contribution is -2.42. The fraction of sp³-hybridized carbons (Fsp3) is 0.333. The molecule has 0 spiro atoms. The molecule has 1 heterocycles. The largest absolute Gasteiger partial charge is 0.481 e. The van der Waals surface area contributed by atoms with E-state index in [1.165, 1.54) is 0 Å². The summed E-state index contributed by atoms with van der Waals surface area (Å²) in [7, 11) is 0. The molecular formula is C15H18N2O3. The molecule has 5 heteroatoms. The maximum Gasteiger partial charge on any atom is 0.312 e. The lowest BCUT2D eigenvalue weighted by molar-refractivity contribution is -0.140. The van der Waals surface area contributed by atoms with Crippen LogP contribution in [0.2, 0.25) is 0 Å². The van der Waals surface area contributed by atoms with Gasteiger partial charge in [-0.05, 0) is 11.1 Å². The SMILES string of the molecule is C=CCNC(=O)CN1Cc2ccccc2C(C(=O)O)C1. The molecule has 20 heavy (non-hydrogen) atoms. The van der Waals surface area contributed by atoms with E-state index in [-0.39, 0.29) is 12.5 Å². The Hall–Kier alpha value is -2.14. The Bertz CT molecular complexity index is 528. The molecule has 1 unspecified atom stereocenters. The lowest BCUT2D eigenvalue weighted by atomic mass is 9.90. The van der Waals surface area contributed by atoms with Gasteiger partial charge in [0.15, 0.2) is 0 Å². The smallest absolute Gasteiger partial charge is 0.312 e. The zero-order valence-electron chi connectivity index (χ0n) is 11.2. The van der Waals surface area contributed by atoms with Crippen molar-refractivity contribution in [2.24, 2.45) is 0 Å². The zero-order chi connectivity index (χ0) is 14.5. The number of rotatable bonds is 5. The number of benzene rings is 1. The minimum Gasteiger partial charge on any atom is -0.481 e. The van der Waals surface area contributed by atoms with Gasteiger partial charge >= 0.3 is 5.97 Å². The molecule has 2 N–H and O–H groups in total. The van der Waals surface area contributed by atoms with Gasteiger partial charge in [0.05, 0.1) is 12.5 Å². The van der Waals surface area contributed by atoms with E-state index in [2.05, 4.69) is 11.9 Å². The molecule has 0 saturated carbocycles. The number of carboxylic acids is 1. The highest BCUT2D eigenvalue weighted by Crippen LogP contribution is 2.28. The molecule has 1 aliphatic heterocycles. The van der Waals surface area contributed by atoms with E-state index in [9.17, 15) is 14.7 Å². The number of fused-ring (bicyclic) bond motifs is 1. The van der Waals surface area contributed by atoms with E-state index in [1.807, 2.05) is 29.2 Å². The Morgan fingerprint density at radius 2 is 2.20 bits per heavy atom. The van der Waals surface area contributed by atoms with Gasteiger partial charge in [-0.15, -0.1) is 6.58 Å². The number of nitrogens with one attached hydrogen (secondary N) is 1. The Labute approximate surface area is 117 Å². The Balaban J connectivity index is 2.10. The zero-order valence-corrected chi connectivity index (χ0v) is 11.2. The van der Waals surface area contributed by atoms with Gasteiger partial charge in [0, 0.05) is 19.6 Å². The molecule has 0 aromatic heterocycles. The third-order valence-electron chi connectivity index (χ3n) is 3.37. The van der Waals surface area contributed by atoms with Gasteiger partial charge in [-0.2, -0.15) is 0 Å². The highest BCUT2D eigenvalue weighted by Gasteiger charge is 2.30. The molecule has 106 valence electrons. The highest BCUT2D eigenvalue weighted by atomic mass is 16.4. The average molecular weight is 274 g/mol. The quantitative estimate of drug-likeness (QED) is 0.785. The lowest BCUT2D eigenvalue weighted by Gasteiger charge is -2.32. The van der Waals surface area contributed by atoms with Gasteiger partial charge in [-0.3, -0.25) is 14.5 Å². The minimum atomic E-state index is -0.853. The van der Waals surface area contributed by atoms with Crippen LogP contribution in [0.5, 0.6) is 0 Å². The van der Waals surface area contributed by atoms with Crippen LogP contribution in [0.3, 0.4) is 0 Å². The third kappa shape index (κ3) is 3.24. The first kappa shape index (κ1) is 14.3. The van der Waals surface area contributed by atoms with E-state index >= 15 is 0 Å². The standard InChI is InChI=1S/C15H18N2O3/c1-2-7-16-14(18)10-17-8-11-5-3-4-6-12(11)13(9-17)15(19)20/h2-6,13H,1,7-10H2,(H,16,18)(H,19,20). The monoisotopic (exact) mass is 274 g/mol. The number of amides is 1. The highest BCUT2D eigenvalue weighted by molar-refractivity contribution is 5.79. The van der Waals surface area contributed by atoms with E-state index < -0.39 is 11.9 Å². The summed E-state index contributed by atoms with van der Waals surface area (Å²) in [6.07, 6.45) is 1.61. The normalized spacial score (nSPS) is 18.1. The van der Waals surface area contributed by atoms with Crippen LogP contribution in [-0.2, 0) is 16.1 Å². The molecule has 1 aromatic rings. The predicted molar refractivity (Wildman–Crippen MR) is 75.3 cm³/mol. The maximum atomic E-state index is 11.7. The van der Waals surface area contributed by atoms with Crippen molar-refractivity contribution in [3.05, 3.63) is 48.0 Å². The molecule has 0 saturated heterocycles. The van der Waals surface area contributed by atoms with Crippen molar-refractivity contribution >= 4 is 11.9 Å². The second-order valence-electron chi connectivity index (χ2n) is 4.85. The van der Waals surface area contributed by atoms with Crippen molar-refractivity contribution in [2.45, 2.75) is 12.5 Å². The Kier molecular flexibility index (Phi) is 4.53. The van der Waals surface area contributed by atoms with Crippen LogP contribution >= 0.6 is 0 Å². The number of hydrogen-bond acceptors (Lipinski definition) is 3. The number of carboxylic acid groups (broad SMARTS) is 1.